The minimum atomic E-state index is -0.532. The SMILES string of the molecule is [B]c1cc(C(C)C)n(C(=O)OC(C)(C)C)c1CC=C. The van der Waals surface area contributed by atoms with Gasteiger partial charge >= 0.3 is 6.09 Å². The summed E-state index contributed by atoms with van der Waals surface area (Å²) in [6, 6.07) is 1.84. The maximum Gasteiger partial charge on any atom is 0.418 e. The Morgan fingerprint density at radius 1 is 1.53 bits per heavy atom. The lowest BCUT2D eigenvalue weighted by Crippen LogP contribution is -2.30. The van der Waals surface area contributed by atoms with Gasteiger partial charge in [-0.3, -0.25) is 4.57 Å². The molecule has 0 bridgehead atoms. The van der Waals surface area contributed by atoms with E-state index in [-0.39, 0.29) is 12.0 Å². The number of ether oxygens (including phenoxy) is 1. The van der Waals surface area contributed by atoms with Crippen molar-refractivity contribution in [1.29, 1.82) is 0 Å². The molecule has 1 heterocycles. The Morgan fingerprint density at radius 3 is 2.53 bits per heavy atom. The van der Waals surface area contributed by atoms with E-state index in [0.29, 0.717) is 11.9 Å². The number of rotatable bonds is 3. The van der Waals surface area contributed by atoms with Crippen LogP contribution >= 0.6 is 0 Å². The number of carbonyl (C=O) groups is 1. The summed E-state index contributed by atoms with van der Waals surface area (Å²) in [4.78, 5) is 12.3. The molecule has 3 nitrogen and oxygen atoms in total. The van der Waals surface area contributed by atoms with Crippen LogP contribution < -0.4 is 5.46 Å². The second kappa shape index (κ2) is 5.68. The van der Waals surface area contributed by atoms with Crippen molar-refractivity contribution >= 4 is 19.4 Å². The summed E-state index contributed by atoms with van der Waals surface area (Å²) >= 11 is 0. The molecular formula is C15H22BNO2. The van der Waals surface area contributed by atoms with Crippen LogP contribution in [0.2, 0.25) is 0 Å². The second-order valence-electron chi connectivity index (χ2n) is 5.93. The molecule has 1 rings (SSSR count). The summed E-state index contributed by atoms with van der Waals surface area (Å²) in [7, 11) is 5.99. The lowest BCUT2D eigenvalue weighted by Gasteiger charge is -2.22. The molecule has 0 aliphatic heterocycles. The van der Waals surface area contributed by atoms with Crippen LogP contribution in [0, 0.1) is 0 Å². The molecule has 4 heteroatoms. The molecule has 1 aromatic rings. The van der Waals surface area contributed by atoms with Gasteiger partial charge in [0.1, 0.15) is 13.4 Å². The van der Waals surface area contributed by atoms with Crippen LogP contribution in [0.1, 0.15) is 51.9 Å². The highest BCUT2D eigenvalue weighted by Gasteiger charge is 2.24. The van der Waals surface area contributed by atoms with Crippen molar-refractivity contribution in [1.82, 2.24) is 4.57 Å². The third-order valence-corrected chi connectivity index (χ3v) is 2.67. The van der Waals surface area contributed by atoms with Crippen molar-refractivity contribution in [2.75, 3.05) is 0 Å². The fraction of sp³-hybridized carbons (Fsp3) is 0.533. The molecule has 102 valence electrons. The number of aromatic nitrogens is 1. The summed E-state index contributed by atoms with van der Waals surface area (Å²) in [6.07, 6.45) is 1.89. The second-order valence-corrected chi connectivity index (χ2v) is 5.93. The first kappa shape index (κ1) is 15.6. The molecule has 2 radical (unpaired) electrons. The van der Waals surface area contributed by atoms with Gasteiger partial charge in [0.25, 0.3) is 0 Å². The fourth-order valence-electron chi connectivity index (χ4n) is 1.89. The molecule has 1 aromatic heterocycles. The minimum absolute atomic E-state index is 0.188. The summed E-state index contributed by atoms with van der Waals surface area (Å²) < 4.78 is 7.03. The minimum Gasteiger partial charge on any atom is -0.443 e. The van der Waals surface area contributed by atoms with Gasteiger partial charge < -0.3 is 4.74 Å². The Morgan fingerprint density at radius 2 is 2.11 bits per heavy atom. The van der Waals surface area contributed by atoms with Crippen molar-refractivity contribution < 1.29 is 9.53 Å². The third-order valence-electron chi connectivity index (χ3n) is 2.67. The molecule has 0 amide bonds. The van der Waals surface area contributed by atoms with E-state index < -0.39 is 5.60 Å². The first-order valence-electron chi connectivity index (χ1n) is 6.51. The average molecular weight is 259 g/mol. The van der Waals surface area contributed by atoms with Gasteiger partial charge in [0.2, 0.25) is 0 Å². The predicted molar refractivity (Wildman–Crippen MR) is 79.4 cm³/mol. The quantitative estimate of drug-likeness (QED) is 0.617. The van der Waals surface area contributed by atoms with Gasteiger partial charge in [-0.25, -0.2) is 4.79 Å². The zero-order valence-corrected chi connectivity index (χ0v) is 12.5. The molecule has 19 heavy (non-hydrogen) atoms. The molecule has 0 N–H and O–H groups in total. The van der Waals surface area contributed by atoms with E-state index >= 15 is 0 Å². The van der Waals surface area contributed by atoms with Crippen molar-refractivity contribution in [3.63, 3.8) is 0 Å². The standard InChI is InChI=1S/C15H22BNO2/c1-7-8-12-11(16)9-13(10(2)3)17(12)14(18)19-15(4,5)6/h7,9-10H,1,8H2,2-6H3. The number of hydrogen-bond acceptors (Lipinski definition) is 2. The Kier molecular flexibility index (Phi) is 4.67. The highest BCUT2D eigenvalue weighted by atomic mass is 16.6. The monoisotopic (exact) mass is 259 g/mol. The van der Waals surface area contributed by atoms with Gasteiger partial charge in [-0.2, -0.15) is 0 Å². The van der Waals surface area contributed by atoms with E-state index in [9.17, 15) is 4.79 Å². The molecule has 0 fully saturated rings. The first-order chi connectivity index (χ1) is 8.67. The average Bonchev–Trinajstić information content (AvgIpc) is 2.55. The summed E-state index contributed by atoms with van der Waals surface area (Å²) in [5, 5.41) is 0. The predicted octanol–water partition coefficient (Wildman–Crippen LogP) is 2.92. The third kappa shape index (κ3) is 3.76. The van der Waals surface area contributed by atoms with Gasteiger partial charge in [-0.15, -0.1) is 6.58 Å². The normalized spacial score (nSPS) is 11.7. The van der Waals surface area contributed by atoms with Gasteiger partial charge in [0, 0.05) is 17.8 Å². The van der Waals surface area contributed by atoms with E-state index in [0.717, 1.165) is 11.4 Å². The lowest BCUT2D eigenvalue weighted by molar-refractivity contribution is 0.0528. The van der Waals surface area contributed by atoms with Crippen LogP contribution in [-0.4, -0.2) is 24.1 Å². The van der Waals surface area contributed by atoms with Crippen molar-refractivity contribution in [3.05, 3.63) is 30.1 Å². The fourth-order valence-corrected chi connectivity index (χ4v) is 1.89. The molecular weight excluding hydrogens is 237 g/mol. The van der Waals surface area contributed by atoms with Crippen LogP contribution in [0.4, 0.5) is 4.79 Å². The maximum absolute atomic E-state index is 12.3. The van der Waals surface area contributed by atoms with Crippen LogP contribution in [0.3, 0.4) is 0 Å². The number of allylic oxidation sites excluding steroid dienone is 1. The zero-order chi connectivity index (χ0) is 14.8. The highest BCUT2D eigenvalue weighted by molar-refractivity contribution is 6.33. The van der Waals surface area contributed by atoms with Crippen LogP contribution in [0.25, 0.3) is 0 Å². The Bertz CT molecular complexity index is 481. The summed E-state index contributed by atoms with van der Waals surface area (Å²) in [5.41, 5.74) is 1.68. The van der Waals surface area contributed by atoms with Gasteiger partial charge in [0.15, 0.2) is 0 Å². The molecule has 0 spiro atoms. The van der Waals surface area contributed by atoms with Gasteiger partial charge in [-0.1, -0.05) is 25.4 Å². The van der Waals surface area contributed by atoms with Crippen molar-refractivity contribution in [2.45, 2.75) is 52.6 Å². The first-order valence-corrected chi connectivity index (χ1v) is 6.51. The topological polar surface area (TPSA) is 31.2 Å². The number of hydrogen-bond donors (Lipinski definition) is 0. The molecule has 0 saturated heterocycles. The summed E-state index contributed by atoms with van der Waals surface area (Å²) in [6.45, 7) is 13.3. The maximum atomic E-state index is 12.3. The lowest BCUT2D eigenvalue weighted by atomic mass is 9.94. The van der Waals surface area contributed by atoms with Gasteiger partial charge in [-0.05, 0) is 32.8 Å². The highest BCUT2D eigenvalue weighted by Crippen LogP contribution is 2.20. The van der Waals surface area contributed by atoms with E-state index in [4.69, 9.17) is 12.6 Å². The van der Waals surface area contributed by atoms with Crippen LogP contribution in [-0.2, 0) is 11.2 Å². The smallest absolute Gasteiger partial charge is 0.418 e. The molecule has 0 aliphatic rings. The number of nitrogens with zero attached hydrogens (tertiary/aromatic N) is 1. The van der Waals surface area contributed by atoms with Crippen LogP contribution in [0.5, 0.6) is 0 Å². The number of carbonyl (C=O) groups excluding carboxylic acids is 1. The van der Waals surface area contributed by atoms with E-state index in [1.807, 2.05) is 40.7 Å². The Labute approximate surface area is 117 Å². The molecule has 0 aromatic carbocycles. The molecule has 0 saturated carbocycles. The van der Waals surface area contributed by atoms with Gasteiger partial charge in [0.05, 0.1) is 0 Å². The van der Waals surface area contributed by atoms with E-state index in [1.165, 1.54) is 0 Å². The molecule has 0 unspecified atom stereocenters. The van der Waals surface area contributed by atoms with E-state index in [1.54, 1.807) is 10.6 Å². The van der Waals surface area contributed by atoms with Crippen molar-refractivity contribution in [3.8, 4) is 0 Å². The Hall–Kier alpha value is -1.45. The molecule has 0 atom stereocenters. The van der Waals surface area contributed by atoms with Crippen LogP contribution in [0.15, 0.2) is 18.7 Å². The summed E-state index contributed by atoms with van der Waals surface area (Å²) in [5.74, 6) is 0.188. The van der Waals surface area contributed by atoms with E-state index in [2.05, 4.69) is 6.58 Å². The zero-order valence-electron chi connectivity index (χ0n) is 12.5. The Balaban J connectivity index is 3.29. The molecule has 0 aliphatic carbocycles. The van der Waals surface area contributed by atoms with Crippen molar-refractivity contribution in [2.24, 2.45) is 0 Å². The largest absolute Gasteiger partial charge is 0.443 e.